The molecule has 6 nitrogen and oxygen atoms in total. The Morgan fingerprint density at radius 2 is 1.69 bits per heavy atom. The molecule has 0 aromatic heterocycles. The van der Waals surface area contributed by atoms with E-state index in [1.807, 2.05) is 70.1 Å². The summed E-state index contributed by atoms with van der Waals surface area (Å²) in [5.74, 6) is 0.345. The number of esters is 1. The zero-order valence-electron chi connectivity index (χ0n) is 16.7. The van der Waals surface area contributed by atoms with Crippen molar-refractivity contribution in [2.24, 2.45) is 0 Å². The van der Waals surface area contributed by atoms with Crippen LogP contribution in [0, 0.1) is 0 Å². The fourth-order valence-electron chi connectivity index (χ4n) is 2.23. The Hall–Kier alpha value is -2.08. The first-order chi connectivity index (χ1) is 12.2. The summed E-state index contributed by atoms with van der Waals surface area (Å²) in [6.45, 7) is 7.07. The second kappa shape index (κ2) is 10.8. The maximum absolute atomic E-state index is 12.5. The van der Waals surface area contributed by atoms with Crippen LogP contribution in [-0.4, -0.2) is 67.6 Å². The highest BCUT2D eigenvalue weighted by molar-refractivity contribution is 5.82. The Morgan fingerprint density at radius 3 is 2.27 bits per heavy atom. The summed E-state index contributed by atoms with van der Waals surface area (Å²) >= 11 is 0. The van der Waals surface area contributed by atoms with E-state index in [1.54, 1.807) is 4.90 Å². The monoisotopic (exact) mass is 364 g/mol. The van der Waals surface area contributed by atoms with Crippen LogP contribution in [0.1, 0.15) is 33.6 Å². The van der Waals surface area contributed by atoms with Gasteiger partial charge in [0.15, 0.2) is 0 Å². The summed E-state index contributed by atoms with van der Waals surface area (Å²) in [6.07, 6.45) is 0.934. The maximum Gasteiger partial charge on any atom is 0.326 e. The van der Waals surface area contributed by atoms with Crippen molar-refractivity contribution in [2.75, 3.05) is 40.3 Å². The number of rotatable bonds is 10. The van der Waals surface area contributed by atoms with Crippen molar-refractivity contribution in [2.45, 2.75) is 39.2 Å². The molecule has 146 valence electrons. The van der Waals surface area contributed by atoms with E-state index in [9.17, 15) is 9.59 Å². The second-order valence-electron chi connectivity index (χ2n) is 7.47. The molecule has 1 aromatic rings. The highest BCUT2D eigenvalue weighted by atomic mass is 16.6. The number of nitrogens with zero attached hydrogens (tertiary/aromatic N) is 2. The van der Waals surface area contributed by atoms with Crippen LogP contribution in [0.5, 0.6) is 5.75 Å². The van der Waals surface area contributed by atoms with Gasteiger partial charge in [0.25, 0.3) is 0 Å². The van der Waals surface area contributed by atoms with Gasteiger partial charge in [-0.25, -0.2) is 0 Å². The van der Waals surface area contributed by atoms with Gasteiger partial charge in [-0.15, -0.1) is 0 Å². The van der Waals surface area contributed by atoms with Gasteiger partial charge in [-0.3, -0.25) is 9.59 Å². The molecule has 0 spiro atoms. The van der Waals surface area contributed by atoms with Gasteiger partial charge in [-0.2, -0.15) is 0 Å². The van der Waals surface area contributed by atoms with Crippen LogP contribution in [0.15, 0.2) is 30.3 Å². The lowest BCUT2D eigenvalue weighted by molar-refractivity contribution is -0.159. The molecule has 0 saturated heterocycles. The first-order valence-corrected chi connectivity index (χ1v) is 8.99. The van der Waals surface area contributed by atoms with E-state index < -0.39 is 5.60 Å². The van der Waals surface area contributed by atoms with E-state index in [4.69, 9.17) is 9.47 Å². The number of benzene rings is 1. The molecular formula is C20H32N2O4. The standard InChI is InChI=1S/C20H32N2O4/c1-20(2,3)26-19(24)16-22(14-13-21(4)5)18(23)12-9-15-25-17-10-7-6-8-11-17/h6-8,10-11H,9,12-16H2,1-5H3. The first kappa shape index (κ1) is 22.0. The van der Waals surface area contributed by atoms with E-state index in [1.165, 1.54) is 0 Å². The summed E-state index contributed by atoms with van der Waals surface area (Å²) in [4.78, 5) is 28.1. The Balaban J connectivity index is 2.47. The van der Waals surface area contributed by atoms with Crippen molar-refractivity contribution < 1.29 is 19.1 Å². The third-order valence-electron chi connectivity index (χ3n) is 3.46. The zero-order valence-corrected chi connectivity index (χ0v) is 16.7. The van der Waals surface area contributed by atoms with Crippen LogP contribution in [0.2, 0.25) is 0 Å². The van der Waals surface area contributed by atoms with Crippen molar-refractivity contribution in [3.63, 3.8) is 0 Å². The van der Waals surface area contributed by atoms with Crippen molar-refractivity contribution in [3.05, 3.63) is 30.3 Å². The number of carbonyl (C=O) groups is 2. The third kappa shape index (κ3) is 10.0. The second-order valence-corrected chi connectivity index (χ2v) is 7.47. The van der Waals surface area contributed by atoms with Crippen LogP contribution < -0.4 is 4.74 Å². The van der Waals surface area contributed by atoms with Crippen LogP contribution in [0.25, 0.3) is 0 Å². The molecule has 0 aliphatic carbocycles. The molecule has 0 heterocycles. The summed E-state index contributed by atoms with van der Waals surface area (Å²) < 4.78 is 10.9. The maximum atomic E-state index is 12.5. The lowest BCUT2D eigenvalue weighted by Gasteiger charge is -2.26. The van der Waals surface area contributed by atoms with Crippen LogP contribution in [0.4, 0.5) is 0 Å². The zero-order chi connectivity index (χ0) is 19.6. The van der Waals surface area contributed by atoms with Gasteiger partial charge in [-0.1, -0.05) is 18.2 Å². The molecule has 0 fully saturated rings. The molecule has 0 unspecified atom stereocenters. The molecule has 0 atom stereocenters. The number of hydrogen-bond acceptors (Lipinski definition) is 5. The molecule has 6 heteroatoms. The molecule has 0 aliphatic heterocycles. The van der Waals surface area contributed by atoms with Gasteiger partial charge in [-0.05, 0) is 53.4 Å². The predicted octanol–water partition coefficient (Wildman–Crippen LogP) is 2.58. The molecule has 1 aromatic carbocycles. The highest BCUT2D eigenvalue weighted by Crippen LogP contribution is 2.10. The third-order valence-corrected chi connectivity index (χ3v) is 3.46. The Kier molecular flexibility index (Phi) is 9.13. The molecule has 0 bridgehead atoms. The number of hydrogen-bond donors (Lipinski definition) is 0. The minimum Gasteiger partial charge on any atom is -0.494 e. The summed E-state index contributed by atoms with van der Waals surface area (Å²) in [5.41, 5.74) is -0.559. The van der Waals surface area contributed by atoms with E-state index in [0.717, 1.165) is 5.75 Å². The molecule has 1 amide bonds. The molecule has 1 rings (SSSR count). The van der Waals surface area contributed by atoms with Gasteiger partial charge in [0.1, 0.15) is 17.9 Å². The Bertz CT molecular complexity index is 553. The summed E-state index contributed by atoms with van der Waals surface area (Å²) in [6, 6.07) is 9.51. The van der Waals surface area contributed by atoms with Gasteiger partial charge in [0, 0.05) is 19.5 Å². The smallest absolute Gasteiger partial charge is 0.326 e. The summed E-state index contributed by atoms with van der Waals surface area (Å²) in [7, 11) is 3.87. The largest absolute Gasteiger partial charge is 0.494 e. The molecule has 0 aliphatic rings. The average molecular weight is 364 g/mol. The molecule has 0 radical (unpaired) electrons. The van der Waals surface area contributed by atoms with Gasteiger partial charge in [0.05, 0.1) is 6.61 Å². The summed E-state index contributed by atoms with van der Waals surface area (Å²) in [5, 5.41) is 0. The SMILES string of the molecule is CN(C)CCN(CC(=O)OC(C)(C)C)C(=O)CCCOc1ccccc1. The van der Waals surface area contributed by atoms with E-state index in [-0.39, 0.29) is 18.4 Å². The number of ether oxygens (including phenoxy) is 2. The fraction of sp³-hybridized carbons (Fsp3) is 0.600. The minimum absolute atomic E-state index is 0.0243. The molecular weight excluding hydrogens is 332 g/mol. The molecule has 0 N–H and O–H groups in total. The van der Waals surface area contributed by atoms with Gasteiger partial charge < -0.3 is 19.3 Å². The quantitative estimate of drug-likeness (QED) is 0.472. The molecule has 0 saturated carbocycles. The van der Waals surface area contributed by atoms with E-state index in [2.05, 4.69) is 0 Å². The molecule has 26 heavy (non-hydrogen) atoms. The minimum atomic E-state index is -0.559. The van der Waals surface area contributed by atoms with Crippen molar-refractivity contribution >= 4 is 11.9 Å². The van der Waals surface area contributed by atoms with E-state index >= 15 is 0 Å². The van der Waals surface area contributed by atoms with Crippen LogP contribution in [-0.2, 0) is 14.3 Å². The lowest BCUT2D eigenvalue weighted by atomic mass is 10.2. The Labute approximate surface area is 157 Å². The van der Waals surface area contributed by atoms with Gasteiger partial charge in [0.2, 0.25) is 5.91 Å². The average Bonchev–Trinajstić information content (AvgIpc) is 2.54. The van der Waals surface area contributed by atoms with Crippen molar-refractivity contribution in [3.8, 4) is 5.75 Å². The number of likely N-dealkylation sites (N-methyl/N-ethyl adjacent to an activating group) is 1. The topological polar surface area (TPSA) is 59.1 Å². The van der Waals surface area contributed by atoms with Crippen LogP contribution in [0.3, 0.4) is 0 Å². The number of para-hydroxylation sites is 1. The van der Waals surface area contributed by atoms with Crippen molar-refractivity contribution in [1.29, 1.82) is 0 Å². The normalized spacial score (nSPS) is 11.3. The fourth-order valence-corrected chi connectivity index (χ4v) is 2.23. The highest BCUT2D eigenvalue weighted by Gasteiger charge is 2.22. The van der Waals surface area contributed by atoms with Crippen LogP contribution >= 0.6 is 0 Å². The lowest BCUT2D eigenvalue weighted by Crippen LogP contribution is -2.42. The van der Waals surface area contributed by atoms with E-state index in [0.29, 0.717) is 32.5 Å². The number of amides is 1. The van der Waals surface area contributed by atoms with Crippen molar-refractivity contribution in [1.82, 2.24) is 9.80 Å². The van der Waals surface area contributed by atoms with Gasteiger partial charge >= 0.3 is 5.97 Å². The predicted molar refractivity (Wildman–Crippen MR) is 102 cm³/mol. The first-order valence-electron chi connectivity index (χ1n) is 8.99. The number of carbonyl (C=O) groups excluding carboxylic acids is 2. The Morgan fingerprint density at radius 1 is 1.04 bits per heavy atom.